The predicted octanol–water partition coefficient (Wildman–Crippen LogP) is 2.17. The molecule has 2 aliphatic heterocycles. The third-order valence-electron chi connectivity index (χ3n) is 4.34. The van der Waals surface area contributed by atoms with Crippen LogP contribution in [0.25, 0.3) is 0 Å². The minimum absolute atomic E-state index is 0.700. The first-order valence-corrected chi connectivity index (χ1v) is 7.46. The highest BCUT2D eigenvalue weighted by molar-refractivity contribution is 7.09. The Morgan fingerprint density at radius 3 is 2.71 bits per heavy atom. The number of thiazole rings is 1. The Hall–Kier alpha value is -0.450. The van der Waals surface area contributed by atoms with Crippen molar-refractivity contribution in [1.29, 1.82) is 0 Å². The van der Waals surface area contributed by atoms with Crippen molar-refractivity contribution in [2.75, 3.05) is 7.05 Å². The van der Waals surface area contributed by atoms with Gasteiger partial charge in [-0.15, -0.1) is 11.3 Å². The van der Waals surface area contributed by atoms with E-state index in [1.54, 1.807) is 11.3 Å². The summed E-state index contributed by atoms with van der Waals surface area (Å²) in [4.78, 5) is 7.10. The summed E-state index contributed by atoms with van der Waals surface area (Å²) in [5.41, 5.74) is 1.21. The molecule has 0 radical (unpaired) electrons. The third kappa shape index (κ3) is 2.39. The van der Waals surface area contributed by atoms with Gasteiger partial charge in [-0.25, -0.2) is 4.98 Å². The van der Waals surface area contributed by atoms with Crippen LogP contribution in [-0.2, 0) is 6.54 Å². The van der Waals surface area contributed by atoms with Crippen molar-refractivity contribution in [3.05, 3.63) is 16.1 Å². The van der Waals surface area contributed by atoms with Gasteiger partial charge in [0.25, 0.3) is 0 Å². The fourth-order valence-corrected chi connectivity index (χ4v) is 3.93. The number of hydrogen-bond acceptors (Lipinski definition) is 4. The van der Waals surface area contributed by atoms with E-state index in [4.69, 9.17) is 0 Å². The quantitative estimate of drug-likeness (QED) is 0.892. The molecule has 4 heteroatoms. The van der Waals surface area contributed by atoms with Crippen LogP contribution in [-0.4, -0.2) is 35.1 Å². The lowest BCUT2D eigenvalue weighted by Crippen LogP contribution is -2.47. The van der Waals surface area contributed by atoms with Gasteiger partial charge in [0.15, 0.2) is 0 Å². The molecule has 0 saturated carbocycles. The van der Waals surface area contributed by atoms with E-state index in [0.29, 0.717) is 6.04 Å². The van der Waals surface area contributed by atoms with Gasteiger partial charge >= 0.3 is 0 Å². The van der Waals surface area contributed by atoms with Crippen LogP contribution in [0.1, 0.15) is 36.4 Å². The molecule has 3 nitrogen and oxygen atoms in total. The van der Waals surface area contributed by atoms with E-state index in [1.807, 2.05) is 0 Å². The van der Waals surface area contributed by atoms with Gasteiger partial charge in [-0.1, -0.05) is 0 Å². The van der Waals surface area contributed by atoms with Crippen molar-refractivity contribution >= 4 is 11.3 Å². The molecule has 3 heterocycles. The minimum Gasteiger partial charge on any atom is -0.308 e. The molecule has 1 aromatic heterocycles. The molecule has 17 heavy (non-hydrogen) atoms. The second-order valence-electron chi connectivity index (χ2n) is 5.46. The van der Waals surface area contributed by atoms with Crippen LogP contribution < -0.4 is 5.32 Å². The standard InChI is InChI=1S/C13H21N3S/c1-9-15-11(8-17-9)7-14-10-5-12-3-4-13(6-10)16(12)2/h8,10,12-14H,3-7H2,1-2H3. The average Bonchev–Trinajstić information content (AvgIpc) is 2.78. The fourth-order valence-electron chi connectivity index (χ4n) is 3.32. The van der Waals surface area contributed by atoms with Gasteiger partial charge in [-0.05, 0) is 39.7 Å². The number of aromatic nitrogens is 1. The molecule has 2 atom stereocenters. The topological polar surface area (TPSA) is 28.2 Å². The van der Waals surface area contributed by atoms with Gasteiger partial charge in [0.1, 0.15) is 0 Å². The summed E-state index contributed by atoms with van der Waals surface area (Å²) in [5, 5.41) is 7.03. The number of hydrogen-bond donors (Lipinski definition) is 1. The Bertz CT molecular complexity index is 376. The lowest BCUT2D eigenvalue weighted by atomic mass is 9.98. The Labute approximate surface area is 107 Å². The Balaban J connectivity index is 1.54. The van der Waals surface area contributed by atoms with E-state index in [-0.39, 0.29) is 0 Å². The molecule has 1 aromatic rings. The maximum absolute atomic E-state index is 4.51. The summed E-state index contributed by atoms with van der Waals surface area (Å²) in [6, 6.07) is 2.34. The molecule has 0 amide bonds. The van der Waals surface area contributed by atoms with Crippen LogP contribution in [0.15, 0.2) is 5.38 Å². The first kappa shape index (κ1) is 11.6. The average molecular weight is 251 g/mol. The lowest BCUT2D eigenvalue weighted by Gasteiger charge is -2.36. The zero-order chi connectivity index (χ0) is 11.8. The molecular formula is C13H21N3S. The van der Waals surface area contributed by atoms with Gasteiger partial charge < -0.3 is 10.2 Å². The predicted molar refractivity (Wildman–Crippen MR) is 71.3 cm³/mol. The van der Waals surface area contributed by atoms with E-state index in [9.17, 15) is 0 Å². The summed E-state index contributed by atoms with van der Waals surface area (Å²) in [6.45, 7) is 3.02. The highest BCUT2D eigenvalue weighted by atomic mass is 32.1. The largest absolute Gasteiger partial charge is 0.308 e. The molecule has 2 bridgehead atoms. The second kappa shape index (κ2) is 4.67. The molecular weight excluding hydrogens is 230 g/mol. The summed E-state index contributed by atoms with van der Waals surface area (Å²) in [6.07, 6.45) is 5.43. The monoisotopic (exact) mass is 251 g/mol. The van der Waals surface area contributed by atoms with Crippen molar-refractivity contribution in [3.63, 3.8) is 0 Å². The van der Waals surface area contributed by atoms with Crippen molar-refractivity contribution in [3.8, 4) is 0 Å². The van der Waals surface area contributed by atoms with Crippen molar-refractivity contribution < 1.29 is 0 Å². The third-order valence-corrected chi connectivity index (χ3v) is 5.16. The molecule has 0 aliphatic carbocycles. The van der Waals surface area contributed by atoms with Gasteiger partial charge in [0.05, 0.1) is 10.7 Å². The summed E-state index contributed by atoms with van der Waals surface area (Å²) >= 11 is 1.75. The molecule has 0 spiro atoms. The number of fused-ring (bicyclic) bond motifs is 2. The van der Waals surface area contributed by atoms with Gasteiger partial charge in [-0.3, -0.25) is 0 Å². The van der Waals surface area contributed by atoms with E-state index >= 15 is 0 Å². The molecule has 2 aliphatic rings. The summed E-state index contributed by atoms with van der Waals surface area (Å²) in [7, 11) is 2.29. The van der Waals surface area contributed by atoms with E-state index < -0.39 is 0 Å². The van der Waals surface area contributed by atoms with Crippen LogP contribution in [0.4, 0.5) is 0 Å². The lowest BCUT2D eigenvalue weighted by molar-refractivity contribution is 0.148. The maximum Gasteiger partial charge on any atom is 0.0897 e. The number of nitrogens with zero attached hydrogens (tertiary/aromatic N) is 2. The number of rotatable bonds is 3. The van der Waals surface area contributed by atoms with Crippen LogP contribution in [0.3, 0.4) is 0 Å². The SMILES string of the molecule is Cc1nc(CNC2CC3CCC(C2)N3C)cs1. The van der Waals surface area contributed by atoms with Crippen LogP contribution >= 0.6 is 11.3 Å². The van der Waals surface area contributed by atoms with Crippen molar-refractivity contribution in [2.45, 2.75) is 57.3 Å². The summed E-state index contributed by atoms with van der Waals surface area (Å²) in [5.74, 6) is 0. The number of nitrogens with one attached hydrogen (secondary N) is 1. The normalized spacial score (nSPS) is 33.2. The first-order valence-electron chi connectivity index (χ1n) is 6.58. The summed E-state index contributed by atoms with van der Waals surface area (Å²) < 4.78 is 0. The number of aryl methyl sites for hydroxylation is 1. The molecule has 0 aromatic carbocycles. The van der Waals surface area contributed by atoms with Gasteiger partial charge in [0, 0.05) is 30.1 Å². The van der Waals surface area contributed by atoms with Crippen molar-refractivity contribution in [2.24, 2.45) is 0 Å². The van der Waals surface area contributed by atoms with Gasteiger partial charge in [-0.2, -0.15) is 0 Å². The minimum atomic E-state index is 0.700. The Morgan fingerprint density at radius 1 is 1.41 bits per heavy atom. The molecule has 2 fully saturated rings. The highest BCUT2D eigenvalue weighted by Crippen LogP contribution is 2.34. The molecule has 3 rings (SSSR count). The fraction of sp³-hybridized carbons (Fsp3) is 0.769. The van der Waals surface area contributed by atoms with Gasteiger partial charge in [0.2, 0.25) is 0 Å². The first-order chi connectivity index (χ1) is 8.22. The van der Waals surface area contributed by atoms with Crippen molar-refractivity contribution in [1.82, 2.24) is 15.2 Å². The van der Waals surface area contributed by atoms with Crippen LogP contribution in [0.2, 0.25) is 0 Å². The molecule has 2 saturated heterocycles. The van der Waals surface area contributed by atoms with E-state index in [2.05, 4.69) is 34.6 Å². The number of piperidine rings is 1. The maximum atomic E-state index is 4.51. The zero-order valence-corrected chi connectivity index (χ0v) is 11.5. The van der Waals surface area contributed by atoms with Crippen LogP contribution in [0, 0.1) is 6.92 Å². The molecule has 2 unspecified atom stereocenters. The second-order valence-corrected chi connectivity index (χ2v) is 6.52. The Morgan fingerprint density at radius 2 is 2.12 bits per heavy atom. The van der Waals surface area contributed by atoms with Crippen LogP contribution in [0.5, 0.6) is 0 Å². The van der Waals surface area contributed by atoms with E-state index in [0.717, 1.165) is 18.6 Å². The zero-order valence-electron chi connectivity index (χ0n) is 10.6. The highest BCUT2D eigenvalue weighted by Gasteiger charge is 2.37. The Kier molecular flexibility index (Phi) is 3.19. The molecule has 1 N–H and O–H groups in total. The van der Waals surface area contributed by atoms with E-state index in [1.165, 1.54) is 36.4 Å². The molecule has 94 valence electrons. The smallest absolute Gasteiger partial charge is 0.0897 e.